The van der Waals surface area contributed by atoms with Gasteiger partial charge >= 0.3 is 0 Å². The minimum atomic E-state index is -3.37. The SMILES string of the molecule is CCNCc1cc(S(=O)(=O)N2CCCCC2CC)cn1C. The summed E-state index contributed by atoms with van der Waals surface area (Å²) in [6.07, 6.45) is 5.70. The molecule has 1 N–H and O–H groups in total. The van der Waals surface area contributed by atoms with E-state index >= 15 is 0 Å². The third-order valence-electron chi connectivity index (χ3n) is 4.29. The maximum absolute atomic E-state index is 12.9. The average molecular weight is 313 g/mol. The summed E-state index contributed by atoms with van der Waals surface area (Å²) in [4.78, 5) is 0.429. The monoisotopic (exact) mass is 313 g/mol. The molecule has 5 nitrogen and oxygen atoms in total. The first-order valence-electron chi connectivity index (χ1n) is 7.88. The third kappa shape index (κ3) is 3.49. The zero-order valence-electron chi connectivity index (χ0n) is 13.3. The van der Waals surface area contributed by atoms with Crippen LogP contribution >= 0.6 is 0 Å². The molecule has 1 atom stereocenters. The lowest BCUT2D eigenvalue weighted by molar-refractivity contribution is 0.246. The lowest BCUT2D eigenvalue weighted by Gasteiger charge is -2.33. The Morgan fingerprint density at radius 2 is 2.10 bits per heavy atom. The largest absolute Gasteiger partial charge is 0.352 e. The van der Waals surface area contributed by atoms with E-state index in [4.69, 9.17) is 0 Å². The lowest BCUT2D eigenvalue weighted by atomic mass is 10.0. The van der Waals surface area contributed by atoms with Crippen LogP contribution in [0.5, 0.6) is 0 Å². The second kappa shape index (κ2) is 6.94. The van der Waals surface area contributed by atoms with Gasteiger partial charge in [-0.3, -0.25) is 0 Å². The van der Waals surface area contributed by atoms with E-state index in [1.165, 1.54) is 0 Å². The summed E-state index contributed by atoms with van der Waals surface area (Å²) in [7, 11) is -1.46. The van der Waals surface area contributed by atoms with Crippen molar-refractivity contribution >= 4 is 10.0 Å². The predicted molar refractivity (Wildman–Crippen MR) is 84.6 cm³/mol. The Morgan fingerprint density at radius 3 is 2.76 bits per heavy atom. The van der Waals surface area contributed by atoms with Gasteiger partial charge in [0.05, 0.1) is 0 Å². The van der Waals surface area contributed by atoms with Crippen molar-refractivity contribution in [2.24, 2.45) is 7.05 Å². The Balaban J connectivity index is 2.26. The van der Waals surface area contributed by atoms with Crippen LogP contribution in [0.1, 0.15) is 45.2 Å². The maximum atomic E-state index is 12.9. The zero-order valence-corrected chi connectivity index (χ0v) is 14.1. The Hall–Kier alpha value is -0.850. The molecule has 0 amide bonds. The van der Waals surface area contributed by atoms with E-state index in [9.17, 15) is 8.42 Å². The fourth-order valence-electron chi connectivity index (χ4n) is 2.98. The second-order valence-corrected chi connectivity index (χ2v) is 7.62. The van der Waals surface area contributed by atoms with Crippen molar-refractivity contribution in [3.63, 3.8) is 0 Å². The molecule has 0 saturated carbocycles. The molecular formula is C15H27N3O2S. The van der Waals surface area contributed by atoms with Gasteiger partial charge in [-0.1, -0.05) is 20.3 Å². The number of aromatic nitrogens is 1. The van der Waals surface area contributed by atoms with Crippen LogP contribution in [0.2, 0.25) is 0 Å². The topological polar surface area (TPSA) is 54.3 Å². The number of nitrogens with zero attached hydrogens (tertiary/aromatic N) is 2. The number of hydrogen-bond donors (Lipinski definition) is 1. The Bertz CT molecular complexity index is 565. The van der Waals surface area contributed by atoms with Crippen LogP contribution in [0, 0.1) is 0 Å². The molecular weight excluding hydrogens is 286 g/mol. The minimum Gasteiger partial charge on any atom is -0.352 e. The molecule has 120 valence electrons. The van der Waals surface area contributed by atoms with Gasteiger partial charge in [-0.2, -0.15) is 4.31 Å². The van der Waals surface area contributed by atoms with Crippen molar-refractivity contribution in [1.29, 1.82) is 0 Å². The molecule has 0 aliphatic carbocycles. The Labute approximate surface area is 128 Å². The van der Waals surface area contributed by atoms with Crippen LogP contribution in [-0.2, 0) is 23.6 Å². The average Bonchev–Trinajstić information content (AvgIpc) is 2.87. The van der Waals surface area contributed by atoms with Crippen LogP contribution < -0.4 is 5.32 Å². The van der Waals surface area contributed by atoms with Gasteiger partial charge in [0.15, 0.2) is 0 Å². The fourth-order valence-corrected chi connectivity index (χ4v) is 4.84. The van der Waals surface area contributed by atoms with Crippen molar-refractivity contribution in [2.45, 2.75) is 57.0 Å². The summed E-state index contributed by atoms with van der Waals surface area (Å²) < 4.78 is 29.4. The molecule has 1 saturated heterocycles. The minimum absolute atomic E-state index is 0.154. The summed E-state index contributed by atoms with van der Waals surface area (Å²) >= 11 is 0. The molecule has 0 spiro atoms. The van der Waals surface area contributed by atoms with E-state index in [0.717, 1.165) is 37.9 Å². The first-order valence-corrected chi connectivity index (χ1v) is 9.32. The first-order chi connectivity index (χ1) is 10.0. The number of hydrogen-bond acceptors (Lipinski definition) is 3. The lowest BCUT2D eigenvalue weighted by Crippen LogP contribution is -2.43. The highest BCUT2D eigenvalue weighted by molar-refractivity contribution is 7.89. The zero-order chi connectivity index (χ0) is 15.5. The van der Waals surface area contributed by atoms with E-state index in [1.807, 2.05) is 18.5 Å². The molecule has 1 aromatic heterocycles. The highest BCUT2D eigenvalue weighted by atomic mass is 32.2. The molecule has 2 heterocycles. The van der Waals surface area contributed by atoms with E-state index in [1.54, 1.807) is 16.6 Å². The Morgan fingerprint density at radius 1 is 1.33 bits per heavy atom. The summed E-state index contributed by atoms with van der Waals surface area (Å²) in [5.74, 6) is 0. The fraction of sp³-hybridized carbons (Fsp3) is 0.733. The molecule has 1 fully saturated rings. The van der Waals surface area contributed by atoms with Crippen LogP contribution in [0.15, 0.2) is 17.2 Å². The van der Waals surface area contributed by atoms with Gasteiger partial charge < -0.3 is 9.88 Å². The maximum Gasteiger partial charge on any atom is 0.244 e. The summed E-state index contributed by atoms with van der Waals surface area (Å²) in [5.41, 5.74) is 1.00. The third-order valence-corrected chi connectivity index (χ3v) is 6.21. The summed E-state index contributed by atoms with van der Waals surface area (Å²) in [6, 6.07) is 1.96. The van der Waals surface area contributed by atoms with Gasteiger partial charge in [-0.05, 0) is 31.9 Å². The number of nitrogens with one attached hydrogen (secondary N) is 1. The molecule has 0 aromatic carbocycles. The molecule has 1 aliphatic heterocycles. The molecule has 6 heteroatoms. The van der Waals surface area contributed by atoms with Gasteiger partial charge in [0.2, 0.25) is 10.0 Å². The van der Waals surface area contributed by atoms with Gasteiger partial charge in [0.25, 0.3) is 0 Å². The van der Waals surface area contributed by atoms with Gasteiger partial charge in [-0.15, -0.1) is 0 Å². The number of rotatable bonds is 6. The summed E-state index contributed by atoms with van der Waals surface area (Å²) in [5, 5.41) is 3.24. The number of sulfonamides is 1. The normalized spacial score (nSPS) is 20.8. The quantitative estimate of drug-likeness (QED) is 0.875. The standard InChI is InChI=1S/C15H27N3O2S/c1-4-13-8-6-7-9-18(13)21(19,20)15-10-14(11-16-5-2)17(3)12-15/h10,12-13,16H,4-9,11H2,1-3H3. The van der Waals surface area contributed by atoms with Crippen LogP contribution in [0.3, 0.4) is 0 Å². The van der Waals surface area contributed by atoms with Crippen LogP contribution in [-0.4, -0.2) is 36.4 Å². The van der Waals surface area contributed by atoms with Crippen molar-refractivity contribution in [3.05, 3.63) is 18.0 Å². The highest BCUT2D eigenvalue weighted by Gasteiger charge is 2.33. The second-order valence-electron chi connectivity index (χ2n) is 5.73. The van der Waals surface area contributed by atoms with E-state index in [0.29, 0.717) is 18.0 Å². The summed E-state index contributed by atoms with van der Waals surface area (Å²) in [6.45, 7) is 6.33. The van der Waals surface area contributed by atoms with E-state index in [2.05, 4.69) is 12.2 Å². The van der Waals surface area contributed by atoms with E-state index < -0.39 is 10.0 Å². The molecule has 0 radical (unpaired) electrons. The van der Waals surface area contributed by atoms with Crippen LogP contribution in [0.25, 0.3) is 0 Å². The molecule has 1 aliphatic rings. The Kier molecular flexibility index (Phi) is 5.46. The molecule has 1 aromatic rings. The number of aryl methyl sites for hydroxylation is 1. The molecule has 21 heavy (non-hydrogen) atoms. The van der Waals surface area contributed by atoms with Crippen molar-refractivity contribution < 1.29 is 8.42 Å². The van der Waals surface area contributed by atoms with Crippen LogP contribution in [0.4, 0.5) is 0 Å². The smallest absolute Gasteiger partial charge is 0.244 e. The number of piperidine rings is 1. The van der Waals surface area contributed by atoms with Gasteiger partial charge in [-0.25, -0.2) is 8.42 Å². The van der Waals surface area contributed by atoms with E-state index in [-0.39, 0.29) is 6.04 Å². The first kappa shape index (κ1) is 16.5. The van der Waals surface area contributed by atoms with Crippen molar-refractivity contribution in [2.75, 3.05) is 13.1 Å². The van der Waals surface area contributed by atoms with Crippen molar-refractivity contribution in [3.8, 4) is 0 Å². The molecule has 0 bridgehead atoms. The highest BCUT2D eigenvalue weighted by Crippen LogP contribution is 2.27. The van der Waals surface area contributed by atoms with Gasteiger partial charge in [0, 0.05) is 38.1 Å². The van der Waals surface area contributed by atoms with Crippen molar-refractivity contribution in [1.82, 2.24) is 14.2 Å². The molecule has 1 unspecified atom stereocenters. The predicted octanol–water partition coefficient (Wildman–Crippen LogP) is 2.09. The molecule has 2 rings (SSSR count). The van der Waals surface area contributed by atoms with Gasteiger partial charge in [0.1, 0.15) is 4.90 Å².